The summed E-state index contributed by atoms with van der Waals surface area (Å²) in [6, 6.07) is 0. The van der Waals surface area contributed by atoms with Gasteiger partial charge in [-0.25, -0.2) is 0 Å². The van der Waals surface area contributed by atoms with Crippen molar-refractivity contribution >= 4 is 26.6 Å². The standard InChI is InChI=1S/C8H13NS2/c1-7(2)10-11-8-5-3-4-6-9-8/h3,5,7H,4,6H2,1-2H3. The second-order valence-electron chi connectivity index (χ2n) is 2.64. The molecule has 0 aromatic rings. The van der Waals surface area contributed by atoms with E-state index in [1.165, 1.54) is 5.04 Å². The highest BCUT2D eigenvalue weighted by Gasteiger charge is 2.01. The van der Waals surface area contributed by atoms with Crippen molar-refractivity contribution in [2.75, 3.05) is 6.54 Å². The van der Waals surface area contributed by atoms with Crippen LogP contribution in [0.25, 0.3) is 0 Å². The van der Waals surface area contributed by atoms with Gasteiger partial charge in [-0.1, -0.05) is 30.7 Å². The van der Waals surface area contributed by atoms with Crippen molar-refractivity contribution in [3.8, 4) is 0 Å². The van der Waals surface area contributed by atoms with Crippen LogP contribution in [0.4, 0.5) is 0 Å². The van der Waals surface area contributed by atoms with E-state index in [1.54, 1.807) is 10.8 Å². The largest absolute Gasteiger partial charge is 0.277 e. The third-order valence-electron chi connectivity index (χ3n) is 1.15. The Bertz CT molecular complexity index is 173. The molecule has 0 aromatic carbocycles. The van der Waals surface area contributed by atoms with Crippen LogP contribution in [0.15, 0.2) is 17.1 Å². The summed E-state index contributed by atoms with van der Waals surface area (Å²) in [6.07, 6.45) is 5.41. The zero-order valence-corrected chi connectivity index (χ0v) is 8.54. The Hall–Kier alpha value is 0.110. The van der Waals surface area contributed by atoms with Crippen LogP contribution in [-0.4, -0.2) is 16.8 Å². The van der Waals surface area contributed by atoms with Gasteiger partial charge in [0.05, 0.1) is 0 Å². The van der Waals surface area contributed by atoms with Gasteiger partial charge < -0.3 is 0 Å². The lowest BCUT2D eigenvalue weighted by molar-refractivity contribution is 1.000. The summed E-state index contributed by atoms with van der Waals surface area (Å²) in [5.74, 6) is 0. The molecule has 0 radical (unpaired) electrons. The first-order valence-electron chi connectivity index (χ1n) is 3.83. The molecule has 0 spiro atoms. The predicted molar refractivity (Wildman–Crippen MR) is 56.4 cm³/mol. The van der Waals surface area contributed by atoms with Crippen LogP contribution in [0.5, 0.6) is 0 Å². The van der Waals surface area contributed by atoms with E-state index >= 15 is 0 Å². The summed E-state index contributed by atoms with van der Waals surface area (Å²) in [4.78, 5) is 4.37. The maximum absolute atomic E-state index is 4.37. The molecule has 1 rings (SSSR count). The topological polar surface area (TPSA) is 12.4 Å². The van der Waals surface area contributed by atoms with E-state index < -0.39 is 0 Å². The van der Waals surface area contributed by atoms with E-state index in [-0.39, 0.29) is 0 Å². The summed E-state index contributed by atoms with van der Waals surface area (Å²) < 4.78 is 0. The van der Waals surface area contributed by atoms with Crippen LogP contribution < -0.4 is 0 Å². The number of dihydropyridines is 1. The highest BCUT2D eigenvalue weighted by atomic mass is 33.1. The third kappa shape index (κ3) is 3.87. The van der Waals surface area contributed by atoms with Crippen LogP contribution >= 0.6 is 21.6 Å². The van der Waals surface area contributed by atoms with Gasteiger partial charge in [0, 0.05) is 11.8 Å². The minimum atomic E-state index is 0.679. The molecule has 0 unspecified atom stereocenters. The minimum Gasteiger partial charge on any atom is -0.277 e. The molecular weight excluding hydrogens is 174 g/mol. The lowest BCUT2D eigenvalue weighted by atomic mass is 10.3. The molecule has 0 atom stereocenters. The highest BCUT2D eigenvalue weighted by Crippen LogP contribution is 2.28. The van der Waals surface area contributed by atoms with Gasteiger partial charge in [-0.05, 0) is 23.3 Å². The van der Waals surface area contributed by atoms with Gasteiger partial charge in [0.15, 0.2) is 0 Å². The quantitative estimate of drug-likeness (QED) is 0.616. The molecule has 3 heteroatoms. The SMILES string of the molecule is CC(C)SSC1=NCCC=C1. The molecule has 0 N–H and O–H groups in total. The van der Waals surface area contributed by atoms with Crippen molar-refractivity contribution in [3.05, 3.63) is 12.2 Å². The predicted octanol–water partition coefficient (Wildman–Crippen LogP) is 3.13. The zero-order chi connectivity index (χ0) is 8.10. The summed E-state index contributed by atoms with van der Waals surface area (Å²) in [6.45, 7) is 5.37. The van der Waals surface area contributed by atoms with Gasteiger partial charge in [0.2, 0.25) is 0 Å². The van der Waals surface area contributed by atoms with E-state index in [0.717, 1.165) is 13.0 Å². The number of rotatable bonds is 2. The van der Waals surface area contributed by atoms with E-state index in [9.17, 15) is 0 Å². The van der Waals surface area contributed by atoms with Gasteiger partial charge in [-0.2, -0.15) is 0 Å². The molecule has 1 heterocycles. The smallest absolute Gasteiger partial charge is 0.101 e. The second-order valence-corrected chi connectivity index (χ2v) is 5.44. The molecule has 0 amide bonds. The van der Waals surface area contributed by atoms with Gasteiger partial charge >= 0.3 is 0 Å². The Labute approximate surface area is 76.1 Å². The maximum atomic E-state index is 4.37. The van der Waals surface area contributed by atoms with Crippen molar-refractivity contribution in [2.45, 2.75) is 25.5 Å². The molecule has 62 valence electrons. The Balaban J connectivity index is 2.25. The molecule has 0 aromatic heterocycles. The summed E-state index contributed by atoms with van der Waals surface area (Å²) >= 11 is 0. The van der Waals surface area contributed by atoms with Crippen molar-refractivity contribution in [3.63, 3.8) is 0 Å². The minimum absolute atomic E-state index is 0.679. The average Bonchev–Trinajstić information content (AvgIpc) is 2.03. The molecule has 0 bridgehead atoms. The first kappa shape index (κ1) is 9.20. The third-order valence-corrected chi connectivity index (χ3v) is 4.02. The molecule has 1 nitrogen and oxygen atoms in total. The molecule has 0 fully saturated rings. The number of hydrogen-bond donors (Lipinski definition) is 0. The van der Waals surface area contributed by atoms with Crippen LogP contribution in [-0.2, 0) is 0 Å². The normalized spacial score (nSPS) is 17.2. The Kier molecular flexibility index (Phi) is 4.08. The molecule has 1 aliphatic rings. The fourth-order valence-corrected chi connectivity index (χ4v) is 2.47. The zero-order valence-electron chi connectivity index (χ0n) is 6.91. The van der Waals surface area contributed by atoms with Gasteiger partial charge in [0.1, 0.15) is 5.04 Å². The van der Waals surface area contributed by atoms with Crippen LogP contribution in [0.3, 0.4) is 0 Å². The molecule has 0 saturated heterocycles. The number of hydrogen-bond acceptors (Lipinski definition) is 3. The van der Waals surface area contributed by atoms with Gasteiger partial charge in [-0.3, -0.25) is 4.99 Å². The summed E-state index contributed by atoms with van der Waals surface area (Å²) in [5, 5.41) is 1.85. The first-order chi connectivity index (χ1) is 5.29. The van der Waals surface area contributed by atoms with E-state index in [2.05, 4.69) is 31.0 Å². The average molecular weight is 187 g/mol. The van der Waals surface area contributed by atoms with E-state index in [1.807, 2.05) is 10.8 Å². The lowest BCUT2D eigenvalue weighted by Crippen LogP contribution is -1.94. The van der Waals surface area contributed by atoms with Crippen molar-refractivity contribution < 1.29 is 0 Å². The van der Waals surface area contributed by atoms with Crippen molar-refractivity contribution in [1.29, 1.82) is 0 Å². The Morgan fingerprint density at radius 3 is 2.91 bits per heavy atom. The van der Waals surface area contributed by atoms with Crippen molar-refractivity contribution in [1.82, 2.24) is 0 Å². The summed E-state index contributed by atoms with van der Waals surface area (Å²) in [7, 11) is 3.66. The fourth-order valence-electron chi connectivity index (χ4n) is 0.686. The molecule has 0 saturated carbocycles. The summed E-state index contributed by atoms with van der Waals surface area (Å²) in [5.41, 5.74) is 0. The van der Waals surface area contributed by atoms with Gasteiger partial charge in [-0.15, -0.1) is 0 Å². The highest BCUT2D eigenvalue weighted by molar-refractivity contribution is 8.82. The molecule has 11 heavy (non-hydrogen) atoms. The molecular formula is C8H13NS2. The first-order valence-corrected chi connectivity index (χ1v) is 6.04. The second kappa shape index (κ2) is 4.88. The maximum Gasteiger partial charge on any atom is 0.101 e. The van der Waals surface area contributed by atoms with Crippen LogP contribution in [0.1, 0.15) is 20.3 Å². The van der Waals surface area contributed by atoms with E-state index in [0.29, 0.717) is 5.25 Å². The van der Waals surface area contributed by atoms with Gasteiger partial charge in [0.25, 0.3) is 0 Å². The van der Waals surface area contributed by atoms with E-state index in [4.69, 9.17) is 0 Å². The van der Waals surface area contributed by atoms with Crippen LogP contribution in [0, 0.1) is 0 Å². The van der Waals surface area contributed by atoms with Crippen molar-refractivity contribution in [2.24, 2.45) is 4.99 Å². The Morgan fingerprint density at radius 1 is 1.55 bits per heavy atom. The fraction of sp³-hybridized carbons (Fsp3) is 0.625. The lowest BCUT2D eigenvalue weighted by Gasteiger charge is -2.06. The number of aliphatic imine (C=N–C) groups is 1. The van der Waals surface area contributed by atoms with Crippen LogP contribution in [0.2, 0.25) is 0 Å². The Morgan fingerprint density at radius 2 is 2.36 bits per heavy atom. The molecule has 0 aliphatic carbocycles. The monoisotopic (exact) mass is 187 g/mol. The number of nitrogens with zero attached hydrogens (tertiary/aromatic N) is 1. The molecule has 1 aliphatic heterocycles.